The third-order valence-electron chi connectivity index (χ3n) is 4.61. The minimum Gasteiger partial charge on any atom is -0.387 e. The first-order valence-corrected chi connectivity index (χ1v) is 8.43. The van der Waals surface area contributed by atoms with Gasteiger partial charge in [-0.15, -0.1) is 0 Å². The van der Waals surface area contributed by atoms with E-state index in [-0.39, 0.29) is 0 Å². The number of hydrogen-bond acceptors (Lipinski definition) is 7. The SMILES string of the molecule is O=C(C1OC(O)[C@H](O)[C@@H](O)[C@@H]1O)N1CCN(c2ccc(Cl)cc2)CC1. The van der Waals surface area contributed by atoms with Gasteiger partial charge in [-0.25, -0.2) is 0 Å². The molecule has 0 aromatic heterocycles. The second-order valence-electron chi connectivity index (χ2n) is 6.21. The quantitative estimate of drug-likeness (QED) is 0.515. The fourth-order valence-electron chi connectivity index (χ4n) is 3.08. The maximum absolute atomic E-state index is 12.6. The molecule has 25 heavy (non-hydrogen) atoms. The van der Waals surface area contributed by atoms with E-state index >= 15 is 0 Å². The molecule has 138 valence electrons. The smallest absolute Gasteiger partial charge is 0.254 e. The van der Waals surface area contributed by atoms with E-state index in [2.05, 4.69) is 4.90 Å². The lowest BCUT2D eigenvalue weighted by molar-refractivity contribution is -0.278. The van der Waals surface area contributed by atoms with Crippen LogP contribution >= 0.6 is 11.6 Å². The first-order valence-electron chi connectivity index (χ1n) is 8.05. The second kappa shape index (κ2) is 7.45. The van der Waals surface area contributed by atoms with Gasteiger partial charge in [-0.1, -0.05) is 11.6 Å². The predicted molar refractivity (Wildman–Crippen MR) is 89.1 cm³/mol. The summed E-state index contributed by atoms with van der Waals surface area (Å²) in [5.41, 5.74) is 0.999. The zero-order chi connectivity index (χ0) is 18.1. The van der Waals surface area contributed by atoms with E-state index in [9.17, 15) is 25.2 Å². The number of aliphatic hydroxyl groups is 4. The van der Waals surface area contributed by atoms with Gasteiger partial charge >= 0.3 is 0 Å². The monoisotopic (exact) mass is 372 g/mol. The molecule has 0 bridgehead atoms. The van der Waals surface area contributed by atoms with E-state index < -0.39 is 36.6 Å². The Labute approximate surface area is 149 Å². The molecule has 1 aromatic carbocycles. The number of rotatable bonds is 2. The van der Waals surface area contributed by atoms with Crippen LogP contribution in [0.1, 0.15) is 0 Å². The third kappa shape index (κ3) is 3.74. The summed E-state index contributed by atoms with van der Waals surface area (Å²) in [6.07, 6.45) is -8.02. The molecule has 2 aliphatic rings. The van der Waals surface area contributed by atoms with Crippen LogP contribution in [0, 0.1) is 0 Å². The first-order chi connectivity index (χ1) is 11.9. The highest BCUT2D eigenvalue weighted by atomic mass is 35.5. The molecular weight excluding hydrogens is 352 g/mol. The number of amides is 1. The molecule has 2 saturated heterocycles. The number of hydrogen-bond donors (Lipinski definition) is 4. The van der Waals surface area contributed by atoms with Crippen molar-refractivity contribution in [2.24, 2.45) is 0 Å². The van der Waals surface area contributed by atoms with Crippen molar-refractivity contribution < 1.29 is 30.0 Å². The lowest BCUT2D eigenvalue weighted by Gasteiger charge is -2.42. The molecule has 0 saturated carbocycles. The number of nitrogens with zero attached hydrogens (tertiary/aromatic N) is 2. The van der Waals surface area contributed by atoms with Crippen molar-refractivity contribution in [2.75, 3.05) is 31.1 Å². The Hall–Kier alpha value is -1.42. The van der Waals surface area contributed by atoms with E-state index in [4.69, 9.17) is 16.3 Å². The summed E-state index contributed by atoms with van der Waals surface area (Å²) in [5.74, 6) is -0.520. The molecule has 2 aliphatic heterocycles. The molecule has 2 fully saturated rings. The molecule has 5 atom stereocenters. The number of piperazine rings is 1. The summed E-state index contributed by atoms with van der Waals surface area (Å²) in [5, 5.41) is 39.4. The topological polar surface area (TPSA) is 114 Å². The molecule has 9 heteroatoms. The minimum absolute atomic E-state index is 0.406. The highest BCUT2D eigenvalue weighted by Crippen LogP contribution is 2.23. The highest BCUT2D eigenvalue weighted by molar-refractivity contribution is 6.30. The molecule has 3 rings (SSSR count). The van der Waals surface area contributed by atoms with Gasteiger partial charge in [0.15, 0.2) is 12.4 Å². The van der Waals surface area contributed by atoms with Crippen molar-refractivity contribution in [1.82, 2.24) is 4.90 Å². The molecule has 1 amide bonds. The first kappa shape index (κ1) is 18.4. The number of ether oxygens (including phenoxy) is 1. The Bertz CT molecular complexity index is 607. The minimum atomic E-state index is -1.72. The van der Waals surface area contributed by atoms with Crippen molar-refractivity contribution in [1.29, 1.82) is 0 Å². The van der Waals surface area contributed by atoms with Crippen LogP contribution in [-0.2, 0) is 9.53 Å². The fraction of sp³-hybridized carbons (Fsp3) is 0.562. The molecule has 1 aromatic rings. The zero-order valence-electron chi connectivity index (χ0n) is 13.4. The van der Waals surface area contributed by atoms with E-state index in [1.165, 1.54) is 4.90 Å². The number of benzene rings is 1. The third-order valence-corrected chi connectivity index (χ3v) is 4.87. The molecule has 8 nitrogen and oxygen atoms in total. The molecule has 4 N–H and O–H groups in total. The maximum Gasteiger partial charge on any atom is 0.254 e. The van der Waals surface area contributed by atoms with Crippen molar-refractivity contribution in [3.8, 4) is 0 Å². The van der Waals surface area contributed by atoms with Crippen LogP contribution in [0.15, 0.2) is 24.3 Å². The van der Waals surface area contributed by atoms with Crippen molar-refractivity contribution in [2.45, 2.75) is 30.7 Å². The summed E-state index contributed by atoms with van der Waals surface area (Å²) in [6, 6.07) is 7.41. The summed E-state index contributed by atoms with van der Waals surface area (Å²) < 4.78 is 5.00. The summed E-state index contributed by atoms with van der Waals surface area (Å²) in [6.45, 7) is 1.99. The lowest BCUT2D eigenvalue weighted by Crippen LogP contribution is -2.63. The fourth-order valence-corrected chi connectivity index (χ4v) is 3.21. The number of anilines is 1. The van der Waals surface area contributed by atoms with E-state index in [0.29, 0.717) is 31.2 Å². The van der Waals surface area contributed by atoms with Crippen LogP contribution in [-0.4, -0.2) is 88.1 Å². The number of carbonyl (C=O) groups is 1. The molecule has 0 radical (unpaired) electrons. The zero-order valence-corrected chi connectivity index (χ0v) is 14.2. The second-order valence-corrected chi connectivity index (χ2v) is 6.64. The van der Waals surface area contributed by atoms with Gasteiger partial charge in [-0.3, -0.25) is 4.79 Å². The van der Waals surface area contributed by atoms with Gasteiger partial charge < -0.3 is 35.0 Å². The van der Waals surface area contributed by atoms with Crippen LogP contribution < -0.4 is 4.90 Å². The van der Waals surface area contributed by atoms with Crippen LogP contribution in [0.25, 0.3) is 0 Å². The van der Waals surface area contributed by atoms with Crippen LogP contribution in [0.5, 0.6) is 0 Å². The lowest BCUT2D eigenvalue weighted by atomic mass is 9.98. The van der Waals surface area contributed by atoms with Gasteiger partial charge in [0.05, 0.1) is 0 Å². The average molecular weight is 373 g/mol. The number of halogens is 1. The largest absolute Gasteiger partial charge is 0.387 e. The maximum atomic E-state index is 12.6. The predicted octanol–water partition coefficient (Wildman–Crippen LogP) is -1.21. The van der Waals surface area contributed by atoms with Crippen molar-refractivity contribution >= 4 is 23.2 Å². The Balaban J connectivity index is 1.60. The van der Waals surface area contributed by atoms with E-state index in [1.807, 2.05) is 12.1 Å². The molecule has 2 unspecified atom stereocenters. The van der Waals surface area contributed by atoms with Crippen LogP contribution in [0.4, 0.5) is 5.69 Å². The summed E-state index contributed by atoms with van der Waals surface area (Å²) in [7, 11) is 0. The van der Waals surface area contributed by atoms with Gasteiger partial charge in [0.2, 0.25) is 0 Å². The molecule has 0 spiro atoms. The van der Waals surface area contributed by atoms with Gasteiger partial charge in [0.1, 0.15) is 18.3 Å². The Morgan fingerprint density at radius 2 is 1.56 bits per heavy atom. The van der Waals surface area contributed by atoms with Gasteiger partial charge in [0, 0.05) is 36.9 Å². The Morgan fingerprint density at radius 1 is 0.960 bits per heavy atom. The van der Waals surface area contributed by atoms with Gasteiger partial charge in [-0.2, -0.15) is 0 Å². The standard InChI is InChI=1S/C16H21ClN2O6/c17-9-1-3-10(4-2-9)18-5-7-19(8-6-18)15(23)14-12(21)11(20)13(22)16(24)25-14/h1-4,11-14,16,20-22,24H,5-8H2/t11-,12-,13+,14?,16?/m0/s1. The van der Waals surface area contributed by atoms with Gasteiger partial charge in [-0.05, 0) is 24.3 Å². The van der Waals surface area contributed by atoms with Crippen LogP contribution in [0.2, 0.25) is 5.02 Å². The summed E-state index contributed by atoms with van der Waals surface area (Å²) >= 11 is 5.88. The summed E-state index contributed by atoms with van der Waals surface area (Å²) in [4.78, 5) is 16.2. The molecular formula is C16H21ClN2O6. The Morgan fingerprint density at radius 3 is 2.16 bits per heavy atom. The Kier molecular flexibility index (Phi) is 5.47. The highest BCUT2D eigenvalue weighted by Gasteiger charge is 2.47. The van der Waals surface area contributed by atoms with Gasteiger partial charge in [0.25, 0.3) is 5.91 Å². The molecule has 2 heterocycles. The number of aliphatic hydroxyl groups excluding tert-OH is 4. The van der Waals surface area contributed by atoms with E-state index in [1.54, 1.807) is 12.1 Å². The molecule has 0 aliphatic carbocycles. The number of carbonyl (C=O) groups excluding carboxylic acids is 1. The van der Waals surface area contributed by atoms with Crippen molar-refractivity contribution in [3.05, 3.63) is 29.3 Å². The van der Waals surface area contributed by atoms with Crippen LogP contribution in [0.3, 0.4) is 0 Å². The van der Waals surface area contributed by atoms with Crippen molar-refractivity contribution in [3.63, 3.8) is 0 Å². The average Bonchev–Trinajstić information content (AvgIpc) is 2.63. The van der Waals surface area contributed by atoms with E-state index in [0.717, 1.165) is 5.69 Å². The normalized spacial score (nSPS) is 33.4.